The van der Waals surface area contributed by atoms with Gasteiger partial charge in [0.05, 0.1) is 31.8 Å². The lowest BCUT2D eigenvalue weighted by Crippen LogP contribution is -2.26. The Hall–Kier alpha value is -2.37. The zero-order valence-electron chi connectivity index (χ0n) is 12.8. The van der Waals surface area contributed by atoms with E-state index in [0.29, 0.717) is 22.4 Å². The van der Waals surface area contributed by atoms with Gasteiger partial charge >= 0.3 is 0 Å². The second-order valence-electron chi connectivity index (χ2n) is 5.43. The van der Waals surface area contributed by atoms with Crippen LogP contribution in [0.15, 0.2) is 36.4 Å². The first-order valence-electron chi connectivity index (χ1n) is 7.36. The SMILES string of the molecule is COc1ccc(C2COc3cc(CO)c(CO)cc3C2=O)cc1. The largest absolute Gasteiger partial charge is 0.497 e. The molecule has 0 bridgehead atoms. The summed E-state index contributed by atoms with van der Waals surface area (Å²) < 4.78 is 10.8. The molecule has 0 fully saturated rings. The molecule has 2 aromatic carbocycles. The fourth-order valence-corrected chi connectivity index (χ4v) is 2.79. The van der Waals surface area contributed by atoms with Gasteiger partial charge in [0.1, 0.15) is 18.1 Å². The van der Waals surface area contributed by atoms with Gasteiger partial charge in [-0.15, -0.1) is 0 Å². The molecule has 0 amide bonds. The van der Waals surface area contributed by atoms with Crippen LogP contribution in [0, 0.1) is 0 Å². The van der Waals surface area contributed by atoms with E-state index in [9.17, 15) is 15.0 Å². The molecule has 1 unspecified atom stereocenters. The quantitative estimate of drug-likeness (QED) is 0.903. The van der Waals surface area contributed by atoms with E-state index in [0.717, 1.165) is 11.3 Å². The summed E-state index contributed by atoms with van der Waals surface area (Å²) in [5.41, 5.74) is 2.41. The first-order chi connectivity index (χ1) is 11.2. The van der Waals surface area contributed by atoms with Gasteiger partial charge in [-0.3, -0.25) is 4.79 Å². The van der Waals surface area contributed by atoms with Crippen LogP contribution in [0.3, 0.4) is 0 Å². The van der Waals surface area contributed by atoms with E-state index in [-0.39, 0.29) is 31.5 Å². The lowest BCUT2D eigenvalue weighted by atomic mass is 9.87. The summed E-state index contributed by atoms with van der Waals surface area (Å²) in [5, 5.41) is 18.7. The van der Waals surface area contributed by atoms with Crippen molar-refractivity contribution < 1.29 is 24.5 Å². The number of carbonyl (C=O) groups is 1. The zero-order valence-corrected chi connectivity index (χ0v) is 12.8. The zero-order chi connectivity index (χ0) is 16.4. The summed E-state index contributed by atoms with van der Waals surface area (Å²) >= 11 is 0. The number of carbonyl (C=O) groups excluding carboxylic acids is 1. The normalized spacial score (nSPS) is 16.7. The van der Waals surface area contributed by atoms with Gasteiger partial charge < -0.3 is 19.7 Å². The van der Waals surface area contributed by atoms with E-state index in [1.807, 2.05) is 24.3 Å². The van der Waals surface area contributed by atoms with Crippen molar-refractivity contribution >= 4 is 5.78 Å². The highest BCUT2D eigenvalue weighted by Crippen LogP contribution is 2.35. The van der Waals surface area contributed by atoms with Crippen molar-refractivity contribution in [2.75, 3.05) is 13.7 Å². The highest BCUT2D eigenvalue weighted by Gasteiger charge is 2.31. The van der Waals surface area contributed by atoms with Crippen LogP contribution < -0.4 is 9.47 Å². The summed E-state index contributed by atoms with van der Waals surface area (Å²) in [4.78, 5) is 12.8. The van der Waals surface area contributed by atoms with Gasteiger partial charge in [0, 0.05) is 0 Å². The van der Waals surface area contributed by atoms with Gasteiger partial charge in [-0.25, -0.2) is 0 Å². The second kappa shape index (κ2) is 6.40. The summed E-state index contributed by atoms with van der Waals surface area (Å²) in [7, 11) is 1.59. The Balaban J connectivity index is 1.96. The highest BCUT2D eigenvalue weighted by atomic mass is 16.5. The summed E-state index contributed by atoms with van der Waals surface area (Å²) in [6.45, 7) is -0.187. The van der Waals surface area contributed by atoms with Crippen LogP contribution >= 0.6 is 0 Å². The smallest absolute Gasteiger partial charge is 0.177 e. The molecule has 1 atom stereocenters. The van der Waals surface area contributed by atoms with Crippen molar-refractivity contribution in [3.05, 3.63) is 58.7 Å². The number of rotatable bonds is 4. The molecule has 0 aliphatic carbocycles. The molecule has 1 aliphatic rings. The molecule has 1 aliphatic heterocycles. The average molecular weight is 314 g/mol. The van der Waals surface area contributed by atoms with Gasteiger partial charge in [-0.1, -0.05) is 12.1 Å². The molecule has 1 heterocycles. The first kappa shape index (κ1) is 15.5. The number of aliphatic hydroxyl groups excluding tert-OH is 2. The third kappa shape index (κ3) is 2.81. The van der Waals surface area contributed by atoms with Gasteiger partial charge in [0.15, 0.2) is 5.78 Å². The Morgan fingerprint density at radius 3 is 2.39 bits per heavy atom. The van der Waals surface area contributed by atoms with Crippen LogP contribution in [0.5, 0.6) is 11.5 Å². The summed E-state index contributed by atoms with van der Waals surface area (Å²) in [6.07, 6.45) is 0. The molecule has 0 radical (unpaired) electrons. The Bertz CT molecular complexity index is 721. The van der Waals surface area contributed by atoms with E-state index in [2.05, 4.69) is 0 Å². The lowest BCUT2D eigenvalue weighted by Gasteiger charge is -2.25. The molecular formula is C18H18O5. The van der Waals surface area contributed by atoms with Crippen molar-refractivity contribution in [3.63, 3.8) is 0 Å². The van der Waals surface area contributed by atoms with Gasteiger partial charge in [0.25, 0.3) is 0 Å². The van der Waals surface area contributed by atoms with Crippen LogP contribution in [0.25, 0.3) is 0 Å². The molecule has 0 saturated heterocycles. The highest BCUT2D eigenvalue weighted by molar-refractivity contribution is 6.04. The maximum absolute atomic E-state index is 12.8. The predicted octanol–water partition coefficient (Wildman–Crippen LogP) is 2.04. The molecule has 5 nitrogen and oxygen atoms in total. The fourth-order valence-electron chi connectivity index (χ4n) is 2.79. The number of methoxy groups -OCH3 is 1. The first-order valence-corrected chi connectivity index (χ1v) is 7.36. The minimum atomic E-state index is -0.389. The van der Waals surface area contributed by atoms with Crippen LogP contribution in [0.1, 0.15) is 33.0 Å². The predicted molar refractivity (Wildman–Crippen MR) is 83.8 cm³/mol. The molecular weight excluding hydrogens is 296 g/mol. The molecule has 3 rings (SSSR count). The number of Topliss-reactive ketones (excluding diaryl/α,β-unsaturated/α-hetero) is 1. The third-order valence-corrected chi connectivity index (χ3v) is 4.15. The van der Waals surface area contributed by atoms with Crippen molar-refractivity contribution in [1.82, 2.24) is 0 Å². The lowest BCUT2D eigenvalue weighted by molar-refractivity contribution is 0.0895. The van der Waals surface area contributed by atoms with Gasteiger partial charge in [-0.05, 0) is 41.0 Å². The molecule has 2 N–H and O–H groups in total. The van der Waals surface area contributed by atoms with Gasteiger partial charge in [-0.2, -0.15) is 0 Å². The van der Waals surface area contributed by atoms with Crippen LogP contribution in [0.2, 0.25) is 0 Å². The molecule has 0 saturated carbocycles. The number of benzene rings is 2. The minimum absolute atomic E-state index is 0.0457. The van der Waals surface area contributed by atoms with E-state index < -0.39 is 0 Å². The summed E-state index contributed by atoms with van der Waals surface area (Å²) in [6, 6.07) is 10.6. The maximum Gasteiger partial charge on any atom is 0.177 e. The third-order valence-electron chi connectivity index (χ3n) is 4.15. The summed E-state index contributed by atoms with van der Waals surface area (Å²) in [5.74, 6) is 0.755. The number of ketones is 1. The van der Waals surface area contributed by atoms with E-state index in [1.54, 1.807) is 19.2 Å². The van der Waals surface area contributed by atoms with Crippen LogP contribution in [0.4, 0.5) is 0 Å². The molecule has 0 spiro atoms. The van der Waals surface area contributed by atoms with Crippen LogP contribution in [-0.4, -0.2) is 29.7 Å². The van der Waals surface area contributed by atoms with Crippen molar-refractivity contribution in [1.29, 1.82) is 0 Å². The van der Waals surface area contributed by atoms with E-state index in [1.165, 1.54) is 0 Å². The molecule has 5 heteroatoms. The fraction of sp³-hybridized carbons (Fsp3) is 0.278. The number of hydrogen-bond acceptors (Lipinski definition) is 5. The molecule has 2 aromatic rings. The molecule has 23 heavy (non-hydrogen) atoms. The number of fused-ring (bicyclic) bond motifs is 1. The van der Waals surface area contributed by atoms with Crippen molar-refractivity contribution in [2.24, 2.45) is 0 Å². The Labute approximate surface area is 134 Å². The monoisotopic (exact) mass is 314 g/mol. The Morgan fingerprint density at radius 1 is 1.13 bits per heavy atom. The number of hydrogen-bond donors (Lipinski definition) is 2. The molecule has 0 aromatic heterocycles. The molecule has 120 valence electrons. The van der Waals surface area contributed by atoms with Crippen LogP contribution in [-0.2, 0) is 13.2 Å². The van der Waals surface area contributed by atoms with E-state index in [4.69, 9.17) is 9.47 Å². The van der Waals surface area contributed by atoms with E-state index >= 15 is 0 Å². The minimum Gasteiger partial charge on any atom is -0.497 e. The second-order valence-corrected chi connectivity index (χ2v) is 5.43. The van der Waals surface area contributed by atoms with Gasteiger partial charge in [0.2, 0.25) is 0 Å². The van der Waals surface area contributed by atoms with Crippen molar-refractivity contribution in [2.45, 2.75) is 19.1 Å². The number of ether oxygens (including phenoxy) is 2. The van der Waals surface area contributed by atoms with Crippen molar-refractivity contribution in [3.8, 4) is 11.5 Å². The maximum atomic E-state index is 12.8. The topological polar surface area (TPSA) is 76.0 Å². The standard InChI is InChI=1S/C18H18O5/c1-22-14-4-2-11(3-5-14)16-10-23-17-7-13(9-20)12(8-19)6-15(17)18(16)21/h2-7,16,19-20H,8-10H2,1H3. The Kier molecular flexibility index (Phi) is 4.32. The average Bonchev–Trinajstić information content (AvgIpc) is 2.61. The number of aliphatic hydroxyl groups is 2. The Morgan fingerprint density at radius 2 is 1.78 bits per heavy atom.